The molecule has 0 fully saturated rings. The van der Waals surface area contributed by atoms with Crippen molar-refractivity contribution in [1.29, 1.82) is 0 Å². The molecule has 0 aliphatic heterocycles. The molecule has 0 amide bonds. The maximum atomic E-state index is 4.88. The molecule has 0 spiro atoms. The van der Waals surface area contributed by atoms with E-state index in [1.165, 1.54) is 0 Å². The predicted molar refractivity (Wildman–Crippen MR) is 41.9 cm³/mol. The number of amidine groups is 1. The summed E-state index contributed by atoms with van der Waals surface area (Å²) in [5.41, 5.74) is -0.0718. The van der Waals surface area contributed by atoms with Crippen LogP contribution >= 0.6 is 0 Å². The monoisotopic (exact) mass is 142 g/mol. The molecule has 0 aromatic heterocycles. The van der Waals surface area contributed by atoms with Crippen molar-refractivity contribution in [1.82, 2.24) is 0 Å². The van der Waals surface area contributed by atoms with Crippen LogP contribution in [0.3, 0.4) is 0 Å². The van der Waals surface area contributed by atoms with Gasteiger partial charge in [0.2, 0.25) is 0 Å². The van der Waals surface area contributed by atoms with Crippen LogP contribution in [0.4, 0.5) is 0 Å². The fourth-order valence-electron chi connectivity index (χ4n) is 0.585. The molecule has 0 saturated carbocycles. The van der Waals surface area contributed by atoms with E-state index in [4.69, 9.17) is 5.84 Å². The van der Waals surface area contributed by atoms with E-state index in [2.05, 4.69) is 15.3 Å². The maximum Gasteiger partial charge on any atom is 0.153 e. The van der Waals surface area contributed by atoms with Crippen LogP contribution < -0.4 is 5.84 Å². The molecule has 0 aliphatic carbocycles. The second kappa shape index (κ2) is 3.29. The summed E-state index contributed by atoms with van der Waals surface area (Å²) in [5, 5.41) is 6.83. The van der Waals surface area contributed by atoms with Gasteiger partial charge in [0.1, 0.15) is 0 Å². The van der Waals surface area contributed by atoms with E-state index in [1.807, 2.05) is 20.8 Å². The summed E-state index contributed by atoms with van der Waals surface area (Å²) < 4.78 is 0. The lowest BCUT2D eigenvalue weighted by atomic mass is 9.95. The maximum absolute atomic E-state index is 4.88. The molecule has 0 aromatic carbocycles. The largest absolute Gasteiger partial charge is 0.305 e. The SMILES string of the molecule is CN=C(N=NN)C(C)(C)C. The van der Waals surface area contributed by atoms with Gasteiger partial charge in [-0.05, 0) is 0 Å². The minimum atomic E-state index is -0.0718. The first-order valence-electron chi connectivity index (χ1n) is 3.10. The molecule has 58 valence electrons. The molecular formula is C6H14N4. The molecule has 0 aliphatic rings. The van der Waals surface area contributed by atoms with Crippen molar-refractivity contribution in [2.75, 3.05) is 7.05 Å². The quantitative estimate of drug-likeness (QED) is 0.179. The van der Waals surface area contributed by atoms with E-state index in [1.54, 1.807) is 7.05 Å². The summed E-state index contributed by atoms with van der Waals surface area (Å²) in [6, 6.07) is 0. The topological polar surface area (TPSA) is 63.1 Å². The number of aliphatic imine (C=N–C) groups is 1. The Hall–Kier alpha value is -0.930. The second-order valence-electron chi connectivity index (χ2n) is 3.01. The van der Waals surface area contributed by atoms with Crippen molar-refractivity contribution in [3.05, 3.63) is 0 Å². The van der Waals surface area contributed by atoms with Crippen LogP contribution in [-0.4, -0.2) is 12.9 Å². The van der Waals surface area contributed by atoms with Crippen molar-refractivity contribution in [3.63, 3.8) is 0 Å². The van der Waals surface area contributed by atoms with Gasteiger partial charge in [-0.3, -0.25) is 4.99 Å². The van der Waals surface area contributed by atoms with Gasteiger partial charge in [0, 0.05) is 12.5 Å². The lowest BCUT2D eigenvalue weighted by Crippen LogP contribution is -2.17. The highest BCUT2D eigenvalue weighted by Gasteiger charge is 2.17. The van der Waals surface area contributed by atoms with E-state index in [9.17, 15) is 0 Å². The average molecular weight is 142 g/mol. The van der Waals surface area contributed by atoms with Gasteiger partial charge in [0.05, 0.1) is 0 Å². The zero-order valence-electron chi connectivity index (χ0n) is 6.92. The molecule has 0 atom stereocenters. The van der Waals surface area contributed by atoms with E-state index >= 15 is 0 Å². The summed E-state index contributed by atoms with van der Waals surface area (Å²) in [6.45, 7) is 6.01. The smallest absolute Gasteiger partial charge is 0.153 e. The van der Waals surface area contributed by atoms with Crippen LogP contribution in [0.25, 0.3) is 0 Å². The first kappa shape index (κ1) is 9.07. The standard InChI is InChI=1S/C6H14N4/c1-6(2,3)5(8-4)9-10-7/h1-4H3,(H2,7,8,9). The number of rotatable bonds is 0. The van der Waals surface area contributed by atoms with Crippen LogP contribution in [0.1, 0.15) is 20.8 Å². The molecule has 0 aromatic rings. The van der Waals surface area contributed by atoms with Gasteiger partial charge in [0.15, 0.2) is 5.84 Å². The third kappa shape index (κ3) is 2.57. The molecule has 0 bridgehead atoms. The Morgan fingerprint density at radius 3 is 1.90 bits per heavy atom. The normalized spacial score (nSPS) is 14.6. The first-order valence-corrected chi connectivity index (χ1v) is 3.10. The van der Waals surface area contributed by atoms with Crippen molar-refractivity contribution >= 4 is 5.84 Å². The van der Waals surface area contributed by atoms with Gasteiger partial charge in [-0.1, -0.05) is 26.0 Å². The van der Waals surface area contributed by atoms with E-state index in [-0.39, 0.29) is 5.41 Å². The van der Waals surface area contributed by atoms with Gasteiger partial charge in [-0.25, -0.2) is 0 Å². The van der Waals surface area contributed by atoms with Crippen LogP contribution in [0.5, 0.6) is 0 Å². The summed E-state index contributed by atoms with van der Waals surface area (Å²) in [7, 11) is 1.68. The van der Waals surface area contributed by atoms with Crippen LogP contribution in [0.15, 0.2) is 15.3 Å². The molecule has 0 saturated heterocycles. The summed E-state index contributed by atoms with van der Waals surface area (Å²) >= 11 is 0. The number of nitrogens with zero attached hydrogens (tertiary/aromatic N) is 3. The van der Waals surface area contributed by atoms with Crippen LogP contribution in [0.2, 0.25) is 0 Å². The van der Waals surface area contributed by atoms with Gasteiger partial charge in [-0.2, -0.15) is 0 Å². The van der Waals surface area contributed by atoms with Gasteiger partial charge >= 0.3 is 0 Å². The third-order valence-corrected chi connectivity index (χ3v) is 1.04. The Morgan fingerprint density at radius 2 is 1.80 bits per heavy atom. The molecule has 0 unspecified atom stereocenters. The minimum absolute atomic E-state index is 0.0718. The lowest BCUT2D eigenvalue weighted by Gasteiger charge is -2.14. The highest BCUT2D eigenvalue weighted by molar-refractivity contribution is 5.87. The predicted octanol–water partition coefficient (Wildman–Crippen LogP) is 1.39. The third-order valence-electron chi connectivity index (χ3n) is 1.04. The minimum Gasteiger partial charge on any atom is -0.305 e. The molecule has 10 heavy (non-hydrogen) atoms. The van der Waals surface area contributed by atoms with E-state index in [0.717, 1.165) is 0 Å². The second-order valence-corrected chi connectivity index (χ2v) is 3.01. The lowest BCUT2D eigenvalue weighted by molar-refractivity contribution is 0.580. The average Bonchev–Trinajstić information content (AvgIpc) is 1.80. The first-order chi connectivity index (χ1) is 4.52. The highest BCUT2D eigenvalue weighted by atomic mass is 15.3. The van der Waals surface area contributed by atoms with E-state index in [0.29, 0.717) is 5.84 Å². The molecular weight excluding hydrogens is 128 g/mol. The highest BCUT2D eigenvalue weighted by Crippen LogP contribution is 2.16. The van der Waals surface area contributed by atoms with Crippen molar-refractivity contribution in [2.24, 2.45) is 26.6 Å². The van der Waals surface area contributed by atoms with Gasteiger partial charge in [-0.15, -0.1) is 5.11 Å². The van der Waals surface area contributed by atoms with Gasteiger partial charge < -0.3 is 5.84 Å². The summed E-state index contributed by atoms with van der Waals surface area (Å²) in [5.74, 6) is 5.54. The van der Waals surface area contributed by atoms with Crippen LogP contribution in [-0.2, 0) is 0 Å². The summed E-state index contributed by atoms with van der Waals surface area (Å²) in [4.78, 5) is 3.93. The number of hydrogen-bond donors (Lipinski definition) is 1. The van der Waals surface area contributed by atoms with Crippen LogP contribution in [0, 0.1) is 5.41 Å². The van der Waals surface area contributed by atoms with Crippen molar-refractivity contribution in [2.45, 2.75) is 20.8 Å². The molecule has 0 heterocycles. The Labute approximate surface area is 61.2 Å². The fourth-order valence-corrected chi connectivity index (χ4v) is 0.585. The summed E-state index contributed by atoms with van der Waals surface area (Å²) in [6.07, 6.45) is 0. The zero-order chi connectivity index (χ0) is 8.20. The molecule has 4 heteroatoms. The van der Waals surface area contributed by atoms with E-state index < -0.39 is 0 Å². The van der Waals surface area contributed by atoms with Gasteiger partial charge in [0.25, 0.3) is 0 Å². The number of hydrogen-bond acceptors (Lipinski definition) is 2. The molecule has 0 radical (unpaired) electrons. The Kier molecular flexibility index (Phi) is 2.99. The molecule has 4 nitrogen and oxygen atoms in total. The molecule has 0 rings (SSSR count). The fraction of sp³-hybridized carbons (Fsp3) is 0.833. The number of nitrogens with two attached hydrogens (primary N) is 1. The van der Waals surface area contributed by atoms with Crippen molar-refractivity contribution < 1.29 is 0 Å². The Bertz CT molecular complexity index is 152. The Balaban J connectivity index is 4.39. The molecule has 2 N–H and O–H groups in total. The zero-order valence-corrected chi connectivity index (χ0v) is 6.92. The van der Waals surface area contributed by atoms with Crippen molar-refractivity contribution in [3.8, 4) is 0 Å². The Morgan fingerprint density at radius 1 is 1.30 bits per heavy atom.